The fourth-order valence-electron chi connectivity index (χ4n) is 4.58. The molecule has 1 saturated heterocycles. The van der Waals surface area contributed by atoms with Gasteiger partial charge in [-0.3, -0.25) is 9.78 Å². The lowest BCUT2D eigenvalue weighted by atomic mass is 9.99. The van der Waals surface area contributed by atoms with E-state index in [0.29, 0.717) is 22.6 Å². The first kappa shape index (κ1) is 24.4. The normalized spacial score (nSPS) is 13.3. The molecule has 0 radical (unpaired) electrons. The van der Waals surface area contributed by atoms with Crippen LogP contribution in [0.4, 0.5) is 11.4 Å². The second-order valence-corrected chi connectivity index (χ2v) is 8.25. The number of nitrogens with zero attached hydrogens (tertiary/aromatic N) is 3. The third-order valence-electron chi connectivity index (χ3n) is 6.34. The van der Waals surface area contributed by atoms with Crippen molar-refractivity contribution in [2.45, 2.75) is 0 Å². The first-order chi connectivity index (χ1) is 16.7. The maximum atomic E-state index is 13.6. The molecule has 4 aromatic rings. The van der Waals surface area contributed by atoms with Crippen LogP contribution in [0.25, 0.3) is 10.9 Å². The van der Waals surface area contributed by atoms with Crippen LogP contribution in [0.3, 0.4) is 0 Å². The quantitative estimate of drug-likeness (QED) is 0.346. The molecule has 0 saturated carbocycles. The van der Waals surface area contributed by atoms with Gasteiger partial charge in [0.25, 0.3) is 0 Å². The van der Waals surface area contributed by atoms with Crippen molar-refractivity contribution in [2.24, 2.45) is 0 Å². The van der Waals surface area contributed by atoms with Gasteiger partial charge in [0.1, 0.15) is 0 Å². The van der Waals surface area contributed by atoms with E-state index in [1.807, 2.05) is 48.5 Å². The second-order valence-electron chi connectivity index (χ2n) is 8.25. The van der Waals surface area contributed by atoms with Gasteiger partial charge in [0.15, 0.2) is 17.3 Å². The topological polar surface area (TPSA) is 54.9 Å². The van der Waals surface area contributed by atoms with Gasteiger partial charge in [-0.1, -0.05) is 48.5 Å². The lowest BCUT2D eigenvalue weighted by Crippen LogP contribution is -2.47. The Balaban J connectivity index is 0.00000289. The number of pyridine rings is 1. The Morgan fingerprint density at radius 3 is 2.00 bits per heavy atom. The first-order valence-corrected chi connectivity index (χ1v) is 11.4. The van der Waals surface area contributed by atoms with E-state index in [0.717, 1.165) is 42.8 Å². The smallest absolute Gasteiger partial charge is 0.196 e. The molecule has 180 valence electrons. The third-order valence-corrected chi connectivity index (χ3v) is 6.34. The fourth-order valence-corrected chi connectivity index (χ4v) is 4.58. The molecule has 1 fully saturated rings. The van der Waals surface area contributed by atoms with E-state index in [4.69, 9.17) is 9.47 Å². The van der Waals surface area contributed by atoms with Crippen molar-refractivity contribution in [2.75, 3.05) is 50.2 Å². The van der Waals surface area contributed by atoms with Gasteiger partial charge in [-0.25, -0.2) is 0 Å². The molecule has 0 bridgehead atoms. The Hall–Kier alpha value is -3.77. The van der Waals surface area contributed by atoms with Crippen molar-refractivity contribution in [3.8, 4) is 11.5 Å². The van der Waals surface area contributed by atoms with Crippen LogP contribution < -0.4 is 19.3 Å². The largest absolute Gasteiger partial charge is 0.493 e. The van der Waals surface area contributed by atoms with Crippen LogP contribution in [0.5, 0.6) is 11.5 Å². The number of para-hydroxylation sites is 1. The number of anilines is 2. The van der Waals surface area contributed by atoms with E-state index in [9.17, 15) is 4.79 Å². The fraction of sp³-hybridized carbons (Fsp3) is 0.214. The van der Waals surface area contributed by atoms with Crippen LogP contribution in [0.1, 0.15) is 15.9 Å². The lowest BCUT2D eigenvalue weighted by Gasteiger charge is -2.38. The number of hydrogen-bond acceptors (Lipinski definition) is 6. The summed E-state index contributed by atoms with van der Waals surface area (Å²) in [6.45, 7) is 3.30. The highest BCUT2D eigenvalue weighted by atomic mass is 35.5. The van der Waals surface area contributed by atoms with Crippen molar-refractivity contribution >= 4 is 40.5 Å². The minimum absolute atomic E-state index is 0. The number of ether oxygens (including phenoxy) is 2. The number of methoxy groups -OCH3 is 2. The molecular formula is C28H28ClN3O3. The second kappa shape index (κ2) is 10.7. The Labute approximate surface area is 211 Å². The molecule has 0 N–H and O–H groups in total. The monoisotopic (exact) mass is 489 g/mol. The number of halogens is 1. The number of rotatable bonds is 6. The van der Waals surface area contributed by atoms with Crippen molar-refractivity contribution in [3.63, 3.8) is 0 Å². The van der Waals surface area contributed by atoms with E-state index in [-0.39, 0.29) is 18.2 Å². The molecule has 3 aromatic carbocycles. The van der Waals surface area contributed by atoms with E-state index in [1.54, 1.807) is 20.4 Å². The van der Waals surface area contributed by atoms with E-state index in [1.165, 1.54) is 5.69 Å². The summed E-state index contributed by atoms with van der Waals surface area (Å²) in [4.78, 5) is 22.9. The summed E-state index contributed by atoms with van der Waals surface area (Å²) >= 11 is 0. The highest BCUT2D eigenvalue weighted by molar-refractivity contribution is 6.16. The van der Waals surface area contributed by atoms with Crippen LogP contribution in [-0.2, 0) is 0 Å². The molecule has 0 aliphatic carbocycles. The minimum atomic E-state index is -0.0368. The molecule has 5 rings (SSSR count). The molecule has 6 nitrogen and oxygen atoms in total. The summed E-state index contributed by atoms with van der Waals surface area (Å²) in [5.41, 5.74) is 4.12. The number of ketones is 1. The predicted molar refractivity (Wildman–Crippen MR) is 143 cm³/mol. The average Bonchev–Trinajstić information content (AvgIpc) is 2.92. The molecule has 7 heteroatoms. The molecule has 2 heterocycles. The molecule has 1 aliphatic heterocycles. The summed E-state index contributed by atoms with van der Waals surface area (Å²) in [6, 6.07) is 23.6. The van der Waals surface area contributed by atoms with Crippen LogP contribution in [0.2, 0.25) is 0 Å². The highest BCUT2D eigenvalue weighted by Gasteiger charge is 2.26. The molecule has 0 unspecified atom stereocenters. The number of aromatic nitrogens is 1. The van der Waals surface area contributed by atoms with Crippen LogP contribution in [0, 0.1) is 0 Å². The van der Waals surface area contributed by atoms with Gasteiger partial charge in [0.2, 0.25) is 0 Å². The number of benzene rings is 3. The third kappa shape index (κ3) is 4.75. The summed E-state index contributed by atoms with van der Waals surface area (Å²) in [5, 5.41) is 0.882. The maximum absolute atomic E-state index is 13.6. The molecule has 0 spiro atoms. The van der Waals surface area contributed by atoms with E-state index in [2.05, 4.69) is 39.0 Å². The number of fused-ring (bicyclic) bond motifs is 1. The number of piperazine rings is 1. The number of hydrogen-bond donors (Lipinski definition) is 0. The van der Waals surface area contributed by atoms with Crippen LogP contribution in [0.15, 0.2) is 79.0 Å². The van der Waals surface area contributed by atoms with Gasteiger partial charge in [-0.15, -0.1) is 12.4 Å². The van der Waals surface area contributed by atoms with E-state index >= 15 is 0 Å². The Morgan fingerprint density at radius 2 is 1.37 bits per heavy atom. The Bertz CT molecular complexity index is 1310. The molecule has 1 aliphatic rings. The molecule has 0 atom stereocenters. The average molecular weight is 490 g/mol. The van der Waals surface area contributed by atoms with Gasteiger partial charge in [-0.2, -0.15) is 0 Å². The minimum Gasteiger partial charge on any atom is -0.493 e. The van der Waals surface area contributed by atoms with Gasteiger partial charge in [0.05, 0.1) is 31.0 Å². The zero-order valence-corrected chi connectivity index (χ0v) is 20.6. The van der Waals surface area contributed by atoms with Crippen LogP contribution in [-0.4, -0.2) is 51.2 Å². The highest BCUT2D eigenvalue weighted by Crippen LogP contribution is 2.38. The van der Waals surface area contributed by atoms with Crippen LogP contribution >= 0.6 is 12.4 Å². The summed E-state index contributed by atoms with van der Waals surface area (Å²) in [7, 11) is 3.23. The zero-order chi connectivity index (χ0) is 23.5. The van der Waals surface area contributed by atoms with Gasteiger partial charge < -0.3 is 19.3 Å². The maximum Gasteiger partial charge on any atom is 0.196 e. The summed E-state index contributed by atoms with van der Waals surface area (Å²) < 4.78 is 11.1. The van der Waals surface area contributed by atoms with Gasteiger partial charge in [0, 0.05) is 55.1 Å². The number of carbonyl (C=O) groups is 1. The van der Waals surface area contributed by atoms with Gasteiger partial charge in [-0.05, 0) is 18.2 Å². The Kier molecular flexibility index (Phi) is 7.42. The summed E-state index contributed by atoms with van der Waals surface area (Å²) in [5.74, 6) is 1.19. The molecule has 1 aromatic heterocycles. The van der Waals surface area contributed by atoms with E-state index < -0.39 is 0 Å². The molecular weight excluding hydrogens is 462 g/mol. The lowest BCUT2D eigenvalue weighted by molar-refractivity contribution is 0.103. The van der Waals surface area contributed by atoms with Gasteiger partial charge >= 0.3 is 0 Å². The van der Waals surface area contributed by atoms with Crippen molar-refractivity contribution < 1.29 is 14.3 Å². The molecule has 0 amide bonds. The molecule has 35 heavy (non-hydrogen) atoms. The van der Waals surface area contributed by atoms with Crippen molar-refractivity contribution in [1.82, 2.24) is 4.98 Å². The first-order valence-electron chi connectivity index (χ1n) is 11.4. The predicted octanol–water partition coefficient (Wildman–Crippen LogP) is 5.23. The van der Waals surface area contributed by atoms with Crippen molar-refractivity contribution in [1.29, 1.82) is 0 Å². The SMILES string of the molecule is COc1cc2ncc(C(=O)c3ccccc3)c(N3CCN(c4ccccc4)CC3)c2cc1OC.Cl. The zero-order valence-electron chi connectivity index (χ0n) is 19.8. The Morgan fingerprint density at radius 1 is 0.800 bits per heavy atom. The van der Waals surface area contributed by atoms with Crippen molar-refractivity contribution in [3.05, 3.63) is 90.1 Å². The number of carbonyl (C=O) groups excluding carboxylic acids is 1. The summed E-state index contributed by atoms with van der Waals surface area (Å²) in [6.07, 6.45) is 1.70. The standard InChI is InChI=1S/C28H27N3O3.ClH/c1-33-25-17-22-24(18-26(25)34-2)29-19-23(28(32)20-9-5-3-6-10-20)27(22)31-15-13-30(14-16-31)21-11-7-4-8-12-21;/h3-12,17-19H,13-16H2,1-2H3;1H.